The lowest BCUT2D eigenvalue weighted by Gasteiger charge is -2.11. The van der Waals surface area contributed by atoms with Crippen LogP contribution in [0.15, 0.2) is 41.3 Å². The molecule has 1 aromatic carbocycles. The lowest BCUT2D eigenvalue weighted by atomic mass is 10.2. The fourth-order valence-corrected chi connectivity index (χ4v) is 1.88. The van der Waals surface area contributed by atoms with Crippen molar-refractivity contribution in [1.29, 1.82) is 0 Å². The first-order chi connectivity index (χ1) is 10.7. The van der Waals surface area contributed by atoms with Crippen LogP contribution in [0.25, 0.3) is 0 Å². The molecule has 10 heteroatoms. The van der Waals surface area contributed by atoms with Gasteiger partial charge in [0.15, 0.2) is 5.84 Å². The number of hydrogen-bond acceptors (Lipinski definition) is 4. The number of benzene rings is 1. The average Bonchev–Trinajstić information content (AvgIpc) is 2.34. The molecule has 0 saturated heterocycles. The van der Waals surface area contributed by atoms with Crippen molar-refractivity contribution in [3.05, 3.63) is 46.9 Å². The number of nitrogens with two attached hydrogens (primary N) is 1. The molecular formula is C13H13ClF3N5O. The van der Waals surface area contributed by atoms with Gasteiger partial charge in [0.2, 0.25) is 0 Å². The van der Waals surface area contributed by atoms with Crippen molar-refractivity contribution in [2.75, 3.05) is 0 Å². The van der Waals surface area contributed by atoms with Crippen molar-refractivity contribution >= 4 is 17.4 Å². The fourth-order valence-electron chi connectivity index (χ4n) is 1.64. The maximum Gasteiger partial charge on any atom is 0.573 e. The van der Waals surface area contributed by atoms with Gasteiger partial charge in [-0.2, -0.15) is 4.80 Å². The van der Waals surface area contributed by atoms with Crippen LogP contribution in [-0.2, 0) is 6.54 Å². The highest BCUT2D eigenvalue weighted by atomic mass is 35.5. The van der Waals surface area contributed by atoms with E-state index in [1.165, 1.54) is 23.3 Å². The van der Waals surface area contributed by atoms with E-state index in [-0.39, 0.29) is 11.6 Å². The van der Waals surface area contributed by atoms with E-state index in [2.05, 4.69) is 19.9 Å². The van der Waals surface area contributed by atoms with Crippen molar-refractivity contribution in [3.8, 4) is 5.75 Å². The van der Waals surface area contributed by atoms with E-state index in [9.17, 15) is 13.2 Å². The number of aromatic nitrogens is 3. The van der Waals surface area contributed by atoms with Crippen molar-refractivity contribution in [3.63, 3.8) is 0 Å². The van der Waals surface area contributed by atoms with Gasteiger partial charge in [-0.25, -0.2) is 0 Å². The summed E-state index contributed by atoms with van der Waals surface area (Å²) >= 11 is 5.78. The molecule has 0 aliphatic heterocycles. The minimum absolute atomic E-state index is 0.151. The van der Waals surface area contributed by atoms with E-state index in [1.54, 1.807) is 13.0 Å². The van der Waals surface area contributed by atoms with E-state index < -0.39 is 12.1 Å². The number of allylic oxidation sites excluding steroid dienone is 2. The van der Waals surface area contributed by atoms with Crippen LogP contribution in [0.3, 0.4) is 0 Å². The van der Waals surface area contributed by atoms with Crippen LogP contribution < -0.4 is 10.5 Å². The van der Waals surface area contributed by atoms with Crippen molar-refractivity contribution in [1.82, 2.24) is 15.0 Å². The Morgan fingerprint density at radius 2 is 2.22 bits per heavy atom. The molecule has 0 aliphatic carbocycles. The summed E-state index contributed by atoms with van der Waals surface area (Å²) in [6, 6.07) is 3.94. The zero-order valence-corrected chi connectivity index (χ0v) is 12.7. The van der Waals surface area contributed by atoms with Gasteiger partial charge in [0.25, 0.3) is 0 Å². The first kappa shape index (κ1) is 16.9. The Bertz CT molecular complexity index is 719. The second-order valence-corrected chi connectivity index (χ2v) is 4.97. The molecule has 2 aromatic rings. The summed E-state index contributed by atoms with van der Waals surface area (Å²) < 4.78 is 40.4. The smallest absolute Gasteiger partial charge is 0.404 e. The number of alkyl halides is 3. The summed E-state index contributed by atoms with van der Waals surface area (Å²) in [5.74, 6) is -0.00179. The Labute approximate surface area is 134 Å². The number of hydrogen-bond donors (Lipinski definition) is 2. The summed E-state index contributed by atoms with van der Waals surface area (Å²) in [7, 11) is 0. The molecule has 6 nitrogen and oxygen atoms in total. The van der Waals surface area contributed by atoms with Gasteiger partial charge >= 0.3 is 6.36 Å². The van der Waals surface area contributed by atoms with Gasteiger partial charge in [-0.1, -0.05) is 17.7 Å². The third kappa shape index (κ3) is 5.06. The molecule has 0 aliphatic rings. The lowest BCUT2D eigenvalue weighted by molar-refractivity contribution is -0.274. The third-order valence-corrected chi connectivity index (χ3v) is 2.87. The van der Waals surface area contributed by atoms with Crippen LogP contribution in [0.5, 0.6) is 5.75 Å². The predicted octanol–water partition coefficient (Wildman–Crippen LogP) is 3.07. The third-order valence-electron chi connectivity index (χ3n) is 2.57. The molecule has 0 fully saturated rings. The Hall–Kier alpha value is -2.42. The molecule has 0 radical (unpaired) electrons. The number of halogens is 4. The van der Waals surface area contributed by atoms with Crippen molar-refractivity contribution < 1.29 is 17.9 Å². The number of ether oxygens (including phenoxy) is 1. The zero-order valence-electron chi connectivity index (χ0n) is 11.9. The van der Waals surface area contributed by atoms with E-state index in [0.717, 1.165) is 6.07 Å². The molecule has 2 rings (SSSR count). The van der Waals surface area contributed by atoms with Crippen molar-refractivity contribution in [2.45, 2.75) is 19.8 Å². The SMILES string of the molecule is CC(N)=CC(=NCc1ccc(OC(F)(F)F)c(Cl)c1)n1nc[nH]1. The molecule has 23 heavy (non-hydrogen) atoms. The number of aliphatic imine (C=N–C) groups is 1. The summed E-state index contributed by atoms with van der Waals surface area (Å²) in [6.07, 6.45) is -1.72. The standard InChI is InChI=1S/C13H13ClF3N5O/c1-8(18)4-12(22-20-7-21-22)19-6-9-2-3-11(10(14)5-9)23-13(15,16)17/h2-5,7H,6,18H2,1H3,(H,20,21). The van der Waals surface area contributed by atoms with Gasteiger partial charge in [0.1, 0.15) is 12.1 Å². The number of H-pyrrole nitrogens is 1. The monoisotopic (exact) mass is 347 g/mol. The van der Waals surface area contributed by atoms with Crippen LogP contribution >= 0.6 is 11.6 Å². The van der Waals surface area contributed by atoms with Crippen LogP contribution in [0.4, 0.5) is 13.2 Å². The normalized spacial score (nSPS) is 13.4. The van der Waals surface area contributed by atoms with E-state index in [4.69, 9.17) is 17.3 Å². The highest BCUT2D eigenvalue weighted by Gasteiger charge is 2.32. The molecule has 0 unspecified atom stereocenters. The molecule has 124 valence electrons. The van der Waals surface area contributed by atoms with Crippen LogP contribution in [0, 0.1) is 0 Å². The lowest BCUT2D eigenvalue weighted by Crippen LogP contribution is -2.21. The van der Waals surface area contributed by atoms with Crippen molar-refractivity contribution in [2.24, 2.45) is 10.7 Å². The minimum atomic E-state index is -4.79. The topological polar surface area (TPSA) is 81.2 Å². The van der Waals surface area contributed by atoms with Gasteiger partial charge in [0.05, 0.1) is 11.6 Å². The Morgan fingerprint density at radius 3 is 2.70 bits per heavy atom. The quantitative estimate of drug-likeness (QED) is 0.658. The average molecular weight is 348 g/mol. The molecule has 0 saturated carbocycles. The van der Waals surface area contributed by atoms with Gasteiger partial charge < -0.3 is 10.5 Å². The number of nitrogens with zero attached hydrogens (tertiary/aromatic N) is 3. The largest absolute Gasteiger partial charge is 0.573 e. The fraction of sp³-hybridized carbons (Fsp3) is 0.231. The maximum atomic E-state index is 12.2. The van der Waals surface area contributed by atoms with Crippen LogP contribution in [0.1, 0.15) is 12.5 Å². The minimum Gasteiger partial charge on any atom is -0.404 e. The first-order valence-electron chi connectivity index (χ1n) is 6.36. The highest BCUT2D eigenvalue weighted by Crippen LogP contribution is 2.30. The van der Waals surface area contributed by atoms with Gasteiger partial charge in [0, 0.05) is 11.8 Å². The molecule has 1 aromatic heterocycles. The number of nitrogens with one attached hydrogen (secondary N) is 1. The molecule has 0 atom stereocenters. The summed E-state index contributed by atoms with van der Waals surface area (Å²) in [5, 5.41) is 6.52. The Kier molecular flexibility index (Phi) is 4.99. The molecular weight excluding hydrogens is 335 g/mol. The Balaban J connectivity index is 2.16. The van der Waals surface area contributed by atoms with Gasteiger partial charge in [-0.05, 0) is 24.6 Å². The zero-order chi connectivity index (χ0) is 17.0. The molecule has 3 N–H and O–H groups in total. The summed E-state index contributed by atoms with van der Waals surface area (Å²) in [5.41, 5.74) is 6.74. The second-order valence-electron chi connectivity index (χ2n) is 4.56. The predicted molar refractivity (Wildman–Crippen MR) is 79.2 cm³/mol. The van der Waals surface area contributed by atoms with E-state index >= 15 is 0 Å². The second kappa shape index (κ2) is 6.78. The van der Waals surface area contributed by atoms with E-state index in [0.29, 0.717) is 17.1 Å². The molecule has 0 bridgehead atoms. The molecule has 0 spiro atoms. The maximum absolute atomic E-state index is 12.2. The first-order valence-corrected chi connectivity index (χ1v) is 6.73. The van der Waals surface area contributed by atoms with Gasteiger partial charge in [-0.15, -0.1) is 18.3 Å². The number of aromatic amines is 1. The van der Waals surface area contributed by atoms with E-state index in [1.807, 2.05) is 0 Å². The van der Waals surface area contributed by atoms with Gasteiger partial charge in [-0.3, -0.25) is 10.1 Å². The van der Waals surface area contributed by atoms with Crippen LogP contribution in [-0.4, -0.2) is 27.2 Å². The summed E-state index contributed by atoms with van der Waals surface area (Å²) in [4.78, 5) is 5.69. The molecule has 1 heterocycles. The Morgan fingerprint density at radius 1 is 1.52 bits per heavy atom. The highest BCUT2D eigenvalue weighted by molar-refractivity contribution is 6.32. The molecule has 0 amide bonds. The summed E-state index contributed by atoms with van der Waals surface area (Å²) in [6.45, 7) is 1.87. The number of rotatable bonds is 4. The van der Waals surface area contributed by atoms with Crippen LogP contribution in [0.2, 0.25) is 5.02 Å².